The topological polar surface area (TPSA) is 24.9 Å². The molecule has 0 atom stereocenters. The molecule has 0 aliphatic carbocycles. The summed E-state index contributed by atoms with van der Waals surface area (Å²) in [5.74, 6) is 1.74. The average Bonchev–Trinajstić information content (AvgIpc) is 2.63. The lowest BCUT2D eigenvalue weighted by Crippen LogP contribution is -2.46. The van der Waals surface area contributed by atoms with E-state index in [1.807, 2.05) is 6.07 Å². The smallest absolute Gasteiger partial charge is 0.163 e. The van der Waals surface area contributed by atoms with Crippen LogP contribution in [0.3, 0.4) is 0 Å². The Hall–Kier alpha value is -2.20. The van der Waals surface area contributed by atoms with E-state index in [0.717, 1.165) is 44.2 Å². The predicted octanol–water partition coefficient (Wildman–Crippen LogP) is 2.78. The molecule has 1 fully saturated rings. The Labute approximate surface area is 137 Å². The first-order valence-corrected chi connectivity index (χ1v) is 8.29. The molecular formula is C19H22N2O2. The van der Waals surface area contributed by atoms with E-state index >= 15 is 0 Å². The number of benzene rings is 2. The highest BCUT2D eigenvalue weighted by Crippen LogP contribution is 2.34. The molecule has 4 heteroatoms. The van der Waals surface area contributed by atoms with Crippen molar-refractivity contribution >= 4 is 5.69 Å². The van der Waals surface area contributed by atoms with Gasteiger partial charge in [-0.3, -0.25) is 4.90 Å². The summed E-state index contributed by atoms with van der Waals surface area (Å²) >= 11 is 0. The second-order valence-electron chi connectivity index (χ2n) is 6.08. The van der Waals surface area contributed by atoms with Crippen LogP contribution in [0.4, 0.5) is 5.69 Å². The summed E-state index contributed by atoms with van der Waals surface area (Å²) in [5.41, 5.74) is 2.62. The molecule has 0 unspecified atom stereocenters. The van der Waals surface area contributed by atoms with Crippen LogP contribution >= 0.6 is 0 Å². The predicted molar refractivity (Wildman–Crippen MR) is 91.4 cm³/mol. The molecule has 0 N–H and O–H groups in total. The van der Waals surface area contributed by atoms with E-state index in [1.54, 1.807) is 0 Å². The Bertz CT molecular complexity index is 652. The Balaban J connectivity index is 1.38. The lowest BCUT2D eigenvalue weighted by atomic mass is 10.2. The fourth-order valence-electron chi connectivity index (χ4n) is 3.23. The summed E-state index contributed by atoms with van der Waals surface area (Å²) in [6.45, 7) is 6.59. The van der Waals surface area contributed by atoms with Crippen LogP contribution in [0.5, 0.6) is 11.5 Å². The van der Waals surface area contributed by atoms with E-state index in [1.165, 1.54) is 11.3 Å². The van der Waals surface area contributed by atoms with Crippen LogP contribution in [-0.4, -0.2) is 44.3 Å². The first-order chi connectivity index (χ1) is 11.4. The van der Waals surface area contributed by atoms with E-state index < -0.39 is 0 Å². The van der Waals surface area contributed by atoms with Gasteiger partial charge >= 0.3 is 0 Å². The summed E-state index contributed by atoms with van der Waals surface area (Å²) < 4.78 is 11.3. The molecule has 0 amide bonds. The van der Waals surface area contributed by atoms with Gasteiger partial charge in [-0.25, -0.2) is 0 Å². The van der Waals surface area contributed by atoms with Gasteiger partial charge < -0.3 is 14.4 Å². The lowest BCUT2D eigenvalue weighted by Gasteiger charge is -2.36. The number of nitrogens with zero attached hydrogens (tertiary/aromatic N) is 2. The zero-order valence-corrected chi connectivity index (χ0v) is 13.3. The number of hydrogen-bond donors (Lipinski definition) is 0. The largest absolute Gasteiger partial charge is 0.486 e. The van der Waals surface area contributed by atoms with Gasteiger partial charge in [0.2, 0.25) is 0 Å². The molecule has 0 aromatic heterocycles. The highest BCUT2D eigenvalue weighted by atomic mass is 16.6. The zero-order valence-electron chi connectivity index (χ0n) is 13.3. The van der Waals surface area contributed by atoms with Gasteiger partial charge in [-0.15, -0.1) is 0 Å². The number of anilines is 1. The van der Waals surface area contributed by atoms with Crippen LogP contribution in [0.2, 0.25) is 0 Å². The minimum absolute atomic E-state index is 0.640. The van der Waals surface area contributed by atoms with Crippen molar-refractivity contribution in [2.24, 2.45) is 0 Å². The Morgan fingerprint density at radius 2 is 1.52 bits per heavy atom. The highest BCUT2D eigenvalue weighted by Gasteiger charge is 2.19. The van der Waals surface area contributed by atoms with Crippen molar-refractivity contribution in [2.75, 3.05) is 44.3 Å². The first kappa shape index (κ1) is 14.4. The molecule has 0 radical (unpaired) electrons. The van der Waals surface area contributed by atoms with E-state index in [-0.39, 0.29) is 0 Å². The van der Waals surface area contributed by atoms with Crippen LogP contribution in [-0.2, 0) is 6.54 Å². The quantitative estimate of drug-likeness (QED) is 0.870. The molecule has 0 saturated carbocycles. The Kier molecular flexibility index (Phi) is 4.07. The number of ether oxygens (including phenoxy) is 2. The number of hydrogen-bond acceptors (Lipinski definition) is 4. The maximum atomic E-state index is 5.69. The molecule has 2 aliphatic heterocycles. The van der Waals surface area contributed by atoms with Gasteiger partial charge in [0.05, 0.1) is 0 Å². The van der Waals surface area contributed by atoms with Crippen molar-refractivity contribution in [2.45, 2.75) is 6.54 Å². The molecule has 2 aromatic rings. The molecule has 0 spiro atoms. The maximum Gasteiger partial charge on any atom is 0.163 e. The van der Waals surface area contributed by atoms with E-state index in [0.29, 0.717) is 13.2 Å². The molecule has 0 bridgehead atoms. The number of piperazine rings is 1. The summed E-state index contributed by atoms with van der Waals surface area (Å²) in [6, 6.07) is 17.0. The second kappa shape index (κ2) is 6.50. The summed E-state index contributed by atoms with van der Waals surface area (Å²) in [7, 11) is 0. The summed E-state index contributed by atoms with van der Waals surface area (Å²) in [4.78, 5) is 4.95. The first-order valence-electron chi connectivity index (χ1n) is 8.29. The van der Waals surface area contributed by atoms with Crippen LogP contribution in [0.15, 0.2) is 48.5 Å². The third-order valence-electron chi connectivity index (χ3n) is 4.51. The van der Waals surface area contributed by atoms with Crippen LogP contribution in [0.25, 0.3) is 0 Å². The molecule has 2 aromatic carbocycles. The van der Waals surface area contributed by atoms with Gasteiger partial charge in [0.1, 0.15) is 13.2 Å². The third-order valence-corrected chi connectivity index (χ3v) is 4.51. The normalized spacial score (nSPS) is 18.0. The van der Waals surface area contributed by atoms with Crippen LogP contribution in [0.1, 0.15) is 5.56 Å². The van der Waals surface area contributed by atoms with Crippen molar-refractivity contribution in [3.05, 3.63) is 54.1 Å². The van der Waals surface area contributed by atoms with Gasteiger partial charge in [-0.1, -0.05) is 30.3 Å². The molecule has 2 aliphatic rings. The van der Waals surface area contributed by atoms with Crippen molar-refractivity contribution in [3.63, 3.8) is 0 Å². The van der Waals surface area contributed by atoms with Crippen molar-refractivity contribution in [3.8, 4) is 11.5 Å². The fourth-order valence-corrected chi connectivity index (χ4v) is 3.23. The van der Waals surface area contributed by atoms with Gasteiger partial charge in [0.25, 0.3) is 0 Å². The maximum absolute atomic E-state index is 5.69. The molecule has 120 valence electrons. The molecular weight excluding hydrogens is 288 g/mol. The van der Waals surface area contributed by atoms with Crippen molar-refractivity contribution < 1.29 is 9.47 Å². The van der Waals surface area contributed by atoms with Gasteiger partial charge in [0, 0.05) is 44.5 Å². The van der Waals surface area contributed by atoms with Crippen molar-refractivity contribution in [1.29, 1.82) is 0 Å². The monoisotopic (exact) mass is 310 g/mol. The lowest BCUT2D eigenvalue weighted by molar-refractivity contribution is 0.171. The second-order valence-corrected chi connectivity index (χ2v) is 6.08. The minimum atomic E-state index is 0.640. The molecule has 2 heterocycles. The zero-order chi connectivity index (χ0) is 15.5. The molecule has 23 heavy (non-hydrogen) atoms. The molecule has 1 saturated heterocycles. The summed E-state index contributed by atoms with van der Waals surface area (Å²) in [5, 5.41) is 0. The number of rotatable bonds is 3. The minimum Gasteiger partial charge on any atom is -0.486 e. The fraction of sp³-hybridized carbons (Fsp3) is 0.368. The molecule has 4 nitrogen and oxygen atoms in total. The molecule has 4 rings (SSSR count). The van der Waals surface area contributed by atoms with Gasteiger partial charge in [-0.2, -0.15) is 0 Å². The SMILES string of the molecule is c1ccc(CN2CCN(c3ccc4c(c3)OCCO4)CC2)cc1. The Morgan fingerprint density at radius 3 is 2.30 bits per heavy atom. The van der Waals surface area contributed by atoms with Crippen LogP contribution < -0.4 is 14.4 Å². The third kappa shape index (κ3) is 3.27. The highest BCUT2D eigenvalue weighted by molar-refractivity contribution is 5.57. The van der Waals surface area contributed by atoms with Crippen molar-refractivity contribution in [1.82, 2.24) is 4.90 Å². The number of fused-ring (bicyclic) bond motifs is 1. The summed E-state index contributed by atoms with van der Waals surface area (Å²) in [6.07, 6.45) is 0. The van der Waals surface area contributed by atoms with Gasteiger partial charge in [-0.05, 0) is 17.7 Å². The Morgan fingerprint density at radius 1 is 0.783 bits per heavy atom. The average molecular weight is 310 g/mol. The van der Waals surface area contributed by atoms with Crippen LogP contribution in [0, 0.1) is 0 Å². The van der Waals surface area contributed by atoms with E-state index in [4.69, 9.17) is 9.47 Å². The standard InChI is InChI=1S/C19H22N2O2/c1-2-4-16(5-3-1)15-20-8-10-21(11-9-20)17-6-7-18-19(14-17)23-13-12-22-18/h1-7,14H,8-13,15H2. The van der Waals surface area contributed by atoms with E-state index in [9.17, 15) is 0 Å². The van der Waals surface area contributed by atoms with E-state index in [2.05, 4.69) is 52.3 Å². The van der Waals surface area contributed by atoms with Gasteiger partial charge in [0.15, 0.2) is 11.5 Å².